The number of H-pyrrole nitrogens is 1. The molecule has 0 bridgehead atoms. The van der Waals surface area contributed by atoms with Gasteiger partial charge in [-0.25, -0.2) is 0 Å². The predicted octanol–water partition coefficient (Wildman–Crippen LogP) is 2.79. The maximum absolute atomic E-state index is 12.3. The lowest BCUT2D eigenvalue weighted by Gasteiger charge is -2.16. The number of amides is 1. The van der Waals surface area contributed by atoms with E-state index in [1.807, 2.05) is 20.8 Å². The lowest BCUT2D eigenvalue weighted by atomic mass is 10.2. The monoisotopic (exact) mass is 287 g/mol. The molecule has 0 saturated heterocycles. The molecule has 0 atom stereocenters. The summed E-state index contributed by atoms with van der Waals surface area (Å²) in [7, 11) is 0. The van der Waals surface area contributed by atoms with Crippen molar-refractivity contribution in [2.75, 3.05) is 5.32 Å². The number of anilines is 1. The van der Waals surface area contributed by atoms with Crippen molar-refractivity contribution in [2.24, 2.45) is 0 Å². The minimum atomic E-state index is -0.678. The number of nitrogens with one attached hydrogen (secondary N) is 2. The fraction of sp³-hybridized carbons (Fsp3) is 0.333. The highest BCUT2D eigenvalue weighted by Gasteiger charge is 2.31. The molecule has 3 rings (SSSR count). The molecule has 2 N–H and O–H groups in total. The molecule has 0 fully saturated rings. The molecule has 110 valence electrons. The number of aryl methyl sites for hydroxylation is 2. The molecule has 1 aromatic heterocycles. The summed E-state index contributed by atoms with van der Waals surface area (Å²) in [4.78, 5) is 12.3. The summed E-state index contributed by atoms with van der Waals surface area (Å²) in [5.41, 5.74) is 2.63. The number of hydrogen-bond donors (Lipinski definition) is 2. The summed E-state index contributed by atoms with van der Waals surface area (Å²) in [6.07, 6.45) is 0. The van der Waals surface area contributed by atoms with Crippen molar-refractivity contribution in [1.29, 1.82) is 0 Å². The molecule has 0 aliphatic carbocycles. The Morgan fingerprint density at radius 3 is 2.62 bits per heavy atom. The first-order valence-electron chi connectivity index (χ1n) is 6.71. The van der Waals surface area contributed by atoms with Crippen LogP contribution in [0.1, 0.15) is 35.6 Å². The summed E-state index contributed by atoms with van der Waals surface area (Å²) in [5.74, 6) is 0.423. The van der Waals surface area contributed by atoms with Gasteiger partial charge in [0.1, 0.15) is 0 Å². The molecule has 21 heavy (non-hydrogen) atoms. The predicted molar refractivity (Wildman–Crippen MR) is 77.8 cm³/mol. The van der Waals surface area contributed by atoms with E-state index < -0.39 is 5.79 Å². The van der Waals surface area contributed by atoms with E-state index >= 15 is 0 Å². The Hall–Kier alpha value is -2.50. The molecule has 1 amide bonds. The minimum Gasteiger partial charge on any atom is -0.449 e. The zero-order valence-corrected chi connectivity index (χ0v) is 12.4. The molecule has 1 aliphatic heterocycles. The number of nitrogens with zero attached hydrogens (tertiary/aromatic N) is 1. The third kappa shape index (κ3) is 2.44. The molecule has 6 heteroatoms. The van der Waals surface area contributed by atoms with Gasteiger partial charge in [-0.3, -0.25) is 9.89 Å². The van der Waals surface area contributed by atoms with Crippen molar-refractivity contribution in [1.82, 2.24) is 10.2 Å². The molecule has 0 saturated carbocycles. The fourth-order valence-electron chi connectivity index (χ4n) is 2.38. The standard InChI is InChI=1S/C15H17N3O3/c1-8-13(9(2)18-17-8)14(19)16-10-5-6-11-12(7-10)21-15(3,4)20-11/h5-7H,1-4H3,(H,16,19)(H,17,18). The first-order valence-corrected chi connectivity index (χ1v) is 6.71. The van der Waals surface area contributed by atoms with Crippen LogP contribution in [-0.2, 0) is 0 Å². The van der Waals surface area contributed by atoms with Crippen molar-refractivity contribution in [3.05, 3.63) is 35.2 Å². The summed E-state index contributed by atoms with van der Waals surface area (Å²) < 4.78 is 11.3. The Labute approximate surface area is 122 Å². The van der Waals surface area contributed by atoms with Crippen LogP contribution in [-0.4, -0.2) is 21.9 Å². The van der Waals surface area contributed by atoms with Gasteiger partial charge >= 0.3 is 0 Å². The van der Waals surface area contributed by atoms with Gasteiger partial charge in [0.2, 0.25) is 5.79 Å². The number of carbonyl (C=O) groups is 1. The molecule has 0 unspecified atom stereocenters. The van der Waals surface area contributed by atoms with E-state index in [2.05, 4.69) is 15.5 Å². The number of aromatic amines is 1. The van der Waals surface area contributed by atoms with Crippen LogP contribution in [0.4, 0.5) is 5.69 Å². The summed E-state index contributed by atoms with van der Waals surface area (Å²) in [6.45, 7) is 7.28. The van der Waals surface area contributed by atoms with Crippen molar-refractivity contribution < 1.29 is 14.3 Å². The topological polar surface area (TPSA) is 76.2 Å². The third-order valence-electron chi connectivity index (χ3n) is 3.27. The van der Waals surface area contributed by atoms with Crippen LogP contribution < -0.4 is 14.8 Å². The van der Waals surface area contributed by atoms with Gasteiger partial charge in [0.05, 0.1) is 11.3 Å². The highest BCUT2D eigenvalue weighted by molar-refractivity contribution is 6.05. The lowest BCUT2D eigenvalue weighted by molar-refractivity contribution is -0.0431. The normalized spacial score (nSPS) is 15.0. The number of carbonyl (C=O) groups excluding carboxylic acids is 1. The molecule has 6 nitrogen and oxygen atoms in total. The highest BCUT2D eigenvalue weighted by Crippen LogP contribution is 2.40. The van der Waals surface area contributed by atoms with E-state index in [1.54, 1.807) is 25.1 Å². The average molecular weight is 287 g/mol. The van der Waals surface area contributed by atoms with Gasteiger partial charge in [-0.1, -0.05) is 0 Å². The number of aromatic nitrogens is 2. The maximum atomic E-state index is 12.3. The van der Waals surface area contributed by atoms with Gasteiger partial charge in [-0.05, 0) is 26.0 Å². The minimum absolute atomic E-state index is 0.197. The second-order valence-corrected chi connectivity index (χ2v) is 5.53. The van der Waals surface area contributed by atoms with Crippen LogP contribution >= 0.6 is 0 Å². The average Bonchev–Trinajstić information content (AvgIpc) is 2.86. The largest absolute Gasteiger partial charge is 0.449 e. The molecule has 1 aliphatic rings. The Morgan fingerprint density at radius 2 is 1.95 bits per heavy atom. The molecule has 2 aromatic rings. The quantitative estimate of drug-likeness (QED) is 0.890. The first kappa shape index (κ1) is 13.5. The van der Waals surface area contributed by atoms with E-state index in [-0.39, 0.29) is 5.91 Å². The lowest BCUT2D eigenvalue weighted by Crippen LogP contribution is -2.29. The van der Waals surface area contributed by atoms with Gasteiger partial charge in [-0.15, -0.1) is 0 Å². The smallest absolute Gasteiger partial charge is 0.259 e. The fourth-order valence-corrected chi connectivity index (χ4v) is 2.38. The molecular weight excluding hydrogens is 270 g/mol. The van der Waals surface area contributed by atoms with Crippen molar-refractivity contribution in [2.45, 2.75) is 33.5 Å². The van der Waals surface area contributed by atoms with Crippen molar-refractivity contribution in [3.63, 3.8) is 0 Å². The Morgan fingerprint density at radius 1 is 1.24 bits per heavy atom. The second-order valence-electron chi connectivity index (χ2n) is 5.53. The molecule has 2 heterocycles. The summed E-state index contributed by atoms with van der Waals surface area (Å²) in [6, 6.07) is 5.33. The second kappa shape index (κ2) is 4.51. The highest BCUT2D eigenvalue weighted by atomic mass is 16.7. The van der Waals surface area contributed by atoms with Crippen LogP contribution in [0, 0.1) is 13.8 Å². The van der Waals surface area contributed by atoms with Crippen LogP contribution in [0.3, 0.4) is 0 Å². The summed E-state index contributed by atoms with van der Waals surface area (Å²) >= 11 is 0. The van der Waals surface area contributed by atoms with E-state index in [4.69, 9.17) is 9.47 Å². The van der Waals surface area contributed by atoms with E-state index in [0.29, 0.717) is 28.4 Å². The van der Waals surface area contributed by atoms with E-state index in [9.17, 15) is 4.79 Å². The zero-order chi connectivity index (χ0) is 15.2. The number of benzene rings is 1. The number of rotatable bonds is 2. The molecule has 0 radical (unpaired) electrons. The van der Waals surface area contributed by atoms with Crippen molar-refractivity contribution in [3.8, 4) is 11.5 Å². The Balaban J connectivity index is 1.83. The van der Waals surface area contributed by atoms with E-state index in [1.165, 1.54) is 0 Å². The SMILES string of the molecule is Cc1n[nH]c(C)c1C(=O)Nc1ccc2c(c1)OC(C)(C)O2. The van der Waals surface area contributed by atoms with Gasteiger partial charge in [-0.2, -0.15) is 5.10 Å². The van der Waals surface area contributed by atoms with E-state index in [0.717, 1.165) is 5.69 Å². The third-order valence-corrected chi connectivity index (χ3v) is 3.27. The number of ether oxygens (including phenoxy) is 2. The van der Waals surface area contributed by atoms with Crippen LogP contribution in [0.15, 0.2) is 18.2 Å². The zero-order valence-electron chi connectivity index (χ0n) is 12.4. The maximum Gasteiger partial charge on any atom is 0.259 e. The molecule has 0 spiro atoms. The molecule has 1 aromatic carbocycles. The van der Waals surface area contributed by atoms with Crippen LogP contribution in [0.2, 0.25) is 0 Å². The van der Waals surface area contributed by atoms with Gasteiger partial charge in [0, 0.05) is 31.3 Å². The first-order chi connectivity index (χ1) is 9.85. The van der Waals surface area contributed by atoms with Gasteiger partial charge < -0.3 is 14.8 Å². The molecular formula is C15H17N3O3. The summed E-state index contributed by atoms with van der Waals surface area (Å²) in [5, 5.41) is 9.67. The van der Waals surface area contributed by atoms with Gasteiger partial charge in [0.15, 0.2) is 11.5 Å². The van der Waals surface area contributed by atoms with Gasteiger partial charge in [0.25, 0.3) is 5.91 Å². The number of fused-ring (bicyclic) bond motifs is 1. The Kier molecular flexibility index (Phi) is 2.90. The number of hydrogen-bond acceptors (Lipinski definition) is 4. The van der Waals surface area contributed by atoms with Crippen molar-refractivity contribution >= 4 is 11.6 Å². The Bertz CT molecular complexity index is 699. The van der Waals surface area contributed by atoms with Crippen LogP contribution in [0.5, 0.6) is 11.5 Å². The van der Waals surface area contributed by atoms with Crippen LogP contribution in [0.25, 0.3) is 0 Å².